The number of rotatable bonds is 2. The largest absolute Gasteiger partial charge is 0.381 e. The van der Waals surface area contributed by atoms with Crippen LogP contribution in [-0.4, -0.2) is 10.1 Å². The van der Waals surface area contributed by atoms with Gasteiger partial charge in [-0.2, -0.15) is 0 Å². The van der Waals surface area contributed by atoms with Crippen molar-refractivity contribution in [2.75, 3.05) is 0 Å². The predicted molar refractivity (Wildman–Crippen MR) is 62.4 cm³/mol. The first-order valence-corrected chi connectivity index (χ1v) is 5.72. The van der Waals surface area contributed by atoms with Crippen LogP contribution >= 0.6 is 22.9 Å². The lowest BCUT2D eigenvalue weighted by Gasteiger charge is -2.07. The van der Waals surface area contributed by atoms with Crippen LogP contribution in [0.2, 0.25) is 5.02 Å². The Labute approximate surface area is 97.2 Å². The molecule has 15 heavy (non-hydrogen) atoms. The van der Waals surface area contributed by atoms with Crippen LogP contribution in [0.5, 0.6) is 0 Å². The second kappa shape index (κ2) is 4.31. The fourth-order valence-corrected chi connectivity index (χ4v) is 2.28. The maximum absolute atomic E-state index is 10.0. The Morgan fingerprint density at radius 1 is 1.33 bits per heavy atom. The van der Waals surface area contributed by atoms with E-state index in [0.717, 1.165) is 4.88 Å². The molecule has 2 heterocycles. The van der Waals surface area contributed by atoms with Crippen molar-refractivity contribution in [1.29, 1.82) is 0 Å². The molecule has 1 N–H and O–H groups in total. The molecule has 4 heteroatoms. The second-order valence-corrected chi connectivity index (χ2v) is 5.01. The average molecular weight is 240 g/mol. The highest BCUT2D eigenvalue weighted by molar-refractivity contribution is 7.12. The van der Waals surface area contributed by atoms with Crippen LogP contribution in [0.3, 0.4) is 0 Å². The lowest BCUT2D eigenvalue weighted by Crippen LogP contribution is -1.99. The number of aliphatic hydroxyl groups excluding tert-OH is 1. The molecule has 2 rings (SSSR count). The summed E-state index contributed by atoms with van der Waals surface area (Å²) in [5.74, 6) is 0. The quantitative estimate of drug-likeness (QED) is 0.873. The van der Waals surface area contributed by atoms with Gasteiger partial charge in [0.15, 0.2) is 0 Å². The van der Waals surface area contributed by atoms with Gasteiger partial charge in [-0.3, -0.25) is 4.98 Å². The monoisotopic (exact) mass is 239 g/mol. The second-order valence-electron chi connectivity index (χ2n) is 3.25. The van der Waals surface area contributed by atoms with Crippen LogP contribution in [0.1, 0.15) is 21.6 Å². The molecule has 78 valence electrons. The molecule has 0 aromatic carbocycles. The van der Waals surface area contributed by atoms with Gasteiger partial charge in [0, 0.05) is 16.0 Å². The fourth-order valence-electron chi connectivity index (χ4n) is 1.30. The molecule has 0 aliphatic heterocycles. The van der Waals surface area contributed by atoms with E-state index in [1.165, 1.54) is 4.88 Å². The summed E-state index contributed by atoms with van der Waals surface area (Å²) in [5, 5.41) is 10.6. The van der Waals surface area contributed by atoms with Gasteiger partial charge in [-0.1, -0.05) is 11.6 Å². The van der Waals surface area contributed by atoms with Crippen molar-refractivity contribution in [3.8, 4) is 0 Å². The summed E-state index contributed by atoms with van der Waals surface area (Å²) in [4.78, 5) is 6.17. The van der Waals surface area contributed by atoms with Crippen molar-refractivity contribution >= 4 is 22.9 Å². The summed E-state index contributed by atoms with van der Waals surface area (Å²) in [7, 11) is 0. The molecular weight excluding hydrogens is 230 g/mol. The van der Waals surface area contributed by atoms with Crippen molar-refractivity contribution < 1.29 is 5.11 Å². The molecular formula is C11H10ClNOS. The molecule has 0 radical (unpaired) electrons. The van der Waals surface area contributed by atoms with E-state index < -0.39 is 6.10 Å². The first kappa shape index (κ1) is 10.6. The Kier molecular flexibility index (Phi) is 3.05. The van der Waals surface area contributed by atoms with E-state index in [1.54, 1.807) is 29.7 Å². The van der Waals surface area contributed by atoms with Crippen LogP contribution in [0.4, 0.5) is 0 Å². The van der Waals surface area contributed by atoms with Gasteiger partial charge in [-0.15, -0.1) is 11.3 Å². The van der Waals surface area contributed by atoms with E-state index >= 15 is 0 Å². The van der Waals surface area contributed by atoms with E-state index in [1.807, 2.05) is 19.1 Å². The zero-order valence-electron chi connectivity index (χ0n) is 8.14. The van der Waals surface area contributed by atoms with Gasteiger partial charge in [0.2, 0.25) is 0 Å². The highest BCUT2D eigenvalue weighted by Gasteiger charge is 2.13. The first-order chi connectivity index (χ1) is 7.16. The first-order valence-electron chi connectivity index (χ1n) is 4.52. The zero-order chi connectivity index (χ0) is 10.8. The van der Waals surface area contributed by atoms with Gasteiger partial charge in [0.25, 0.3) is 0 Å². The summed E-state index contributed by atoms with van der Waals surface area (Å²) in [6.07, 6.45) is 0.890. The highest BCUT2D eigenvalue weighted by atomic mass is 35.5. The van der Waals surface area contributed by atoms with E-state index in [-0.39, 0.29) is 0 Å². The van der Waals surface area contributed by atoms with E-state index in [2.05, 4.69) is 4.98 Å². The highest BCUT2D eigenvalue weighted by Crippen LogP contribution is 2.27. The number of thiophene rings is 1. The molecule has 1 unspecified atom stereocenters. The van der Waals surface area contributed by atoms with Crippen molar-refractivity contribution in [3.05, 3.63) is 50.9 Å². The minimum atomic E-state index is -0.652. The summed E-state index contributed by atoms with van der Waals surface area (Å²) in [6.45, 7) is 2.01. The SMILES string of the molecule is Cc1ccc(C(O)c2ccc(Cl)cn2)s1. The third-order valence-electron chi connectivity index (χ3n) is 2.06. The summed E-state index contributed by atoms with van der Waals surface area (Å²) < 4.78 is 0. The Morgan fingerprint density at radius 2 is 2.13 bits per heavy atom. The van der Waals surface area contributed by atoms with Crippen LogP contribution in [0.25, 0.3) is 0 Å². The number of halogens is 1. The normalized spacial score (nSPS) is 12.7. The lowest BCUT2D eigenvalue weighted by atomic mass is 10.2. The molecule has 0 aliphatic rings. The Hall–Kier alpha value is -0.900. The van der Waals surface area contributed by atoms with Gasteiger partial charge >= 0.3 is 0 Å². The Balaban J connectivity index is 2.28. The van der Waals surface area contributed by atoms with Crippen LogP contribution in [-0.2, 0) is 0 Å². The van der Waals surface area contributed by atoms with E-state index in [9.17, 15) is 5.11 Å². The molecule has 0 saturated heterocycles. The predicted octanol–water partition coefficient (Wildman–Crippen LogP) is 3.19. The van der Waals surface area contributed by atoms with Gasteiger partial charge < -0.3 is 5.11 Å². The zero-order valence-corrected chi connectivity index (χ0v) is 9.72. The summed E-state index contributed by atoms with van der Waals surface area (Å²) >= 11 is 7.30. The van der Waals surface area contributed by atoms with Gasteiger partial charge in [0.1, 0.15) is 6.10 Å². The minimum absolute atomic E-state index is 0.577. The van der Waals surface area contributed by atoms with Crippen molar-refractivity contribution in [3.63, 3.8) is 0 Å². The smallest absolute Gasteiger partial charge is 0.130 e. The standard InChI is InChI=1S/C11H10ClNOS/c1-7-2-5-10(15-7)11(14)9-4-3-8(12)6-13-9/h2-6,11,14H,1H3. The third-order valence-corrected chi connectivity index (χ3v) is 3.34. The van der Waals surface area contributed by atoms with Crippen molar-refractivity contribution in [2.45, 2.75) is 13.0 Å². The number of hydrogen-bond donors (Lipinski definition) is 1. The third kappa shape index (κ3) is 2.37. The molecule has 2 nitrogen and oxygen atoms in total. The number of pyridine rings is 1. The molecule has 2 aromatic heterocycles. The molecule has 1 atom stereocenters. The van der Waals surface area contributed by atoms with Crippen molar-refractivity contribution in [1.82, 2.24) is 4.98 Å². The van der Waals surface area contributed by atoms with Gasteiger partial charge in [-0.05, 0) is 31.2 Å². The molecule has 0 saturated carbocycles. The number of aliphatic hydroxyl groups is 1. The maximum atomic E-state index is 10.0. The van der Waals surface area contributed by atoms with E-state index in [0.29, 0.717) is 10.7 Å². The number of aromatic nitrogens is 1. The van der Waals surface area contributed by atoms with Crippen LogP contribution in [0.15, 0.2) is 30.5 Å². The molecule has 2 aromatic rings. The number of nitrogens with zero attached hydrogens (tertiary/aromatic N) is 1. The molecule has 0 amide bonds. The average Bonchev–Trinajstić information content (AvgIpc) is 2.65. The lowest BCUT2D eigenvalue weighted by molar-refractivity contribution is 0.219. The van der Waals surface area contributed by atoms with E-state index in [4.69, 9.17) is 11.6 Å². The fraction of sp³-hybridized carbons (Fsp3) is 0.182. The molecule has 0 fully saturated rings. The Morgan fingerprint density at radius 3 is 2.67 bits per heavy atom. The maximum Gasteiger partial charge on any atom is 0.130 e. The number of aryl methyl sites for hydroxylation is 1. The van der Waals surface area contributed by atoms with Crippen LogP contribution < -0.4 is 0 Å². The van der Waals surface area contributed by atoms with Crippen molar-refractivity contribution in [2.24, 2.45) is 0 Å². The Bertz CT molecular complexity index is 452. The summed E-state index contributed by atoms with van der Waals surface area (Å²) in [6, 6.07) is 7.37. The molecule has 0 bridgehead atoms. The topological polar surface area (TPSA) is 33.1 Å². The minimum Gasteiger partial charge on any atom is -0.381 e. The molecule has 0 spiro atoms. The van der Waals surface area contributed by atoms with Gasteiger partial charge in [-0.25, -0.2) is 0 Å². The van der Waals surface area contributed by atoms with Crippen LogP contribution in [0, 0.1) is 6.92 Å². The number of hydrogen-bond acceptors (Lipinski definition) is 3. The molecule has 0 aliphatic carbocycles. The summed E-state index contributed by atoms with van der Waals surface area (Å²) in [5.41, 5.74) is 0.626. The van der Waals surface area contributed by atoms with Gasteiger partial charge in [0.05, 0.1) is 10.7 Å².